The molecule has 0 N–H and O–H groups in total. The summed E-state index contributed by atoms with van der Waals surface area (Å²) in [6, 6.07) is 9.63. The average Bonchev–Trinajstić information content (AvgIpc) is 2.93. The molecule has 0 radical (unpaired) electrons. The molecule has 4 rings (SSSR count). The Labute approximate surface area is 123 Å². The van der Waals surface area contributed by atoms with Crippen molar-refractivity contribution >= 4 is 28.3 Å². The number of fused-ring (bicyclic) bond motifs is 3. The first-order valence-electron chi connectivity index (χ1n) is 6.15. The fraction of sp³-hybridized carbons (Fsp3) is 0. The van der Waals surface area contributed by atoms with Gasteiger partial charge in [0.2, 0.25) is 5.28 Å². The second-order valence-electron chi connectivity index (χ2n) is 4.43. The van der Waals surface area contributed by atoms with Crippen LogP contribution in [0.2, 0.25) is 5.28 Å². The number of rotatable bonds is 1. The zero-order chi connectivity index (χ0) is 14.4. The Kier molecular flexibility index (Phi) is 2.58. The van der Waals surface area contributed by atoms with E-state index in [-0.39, 0.29) is 11.1 Å². The lowest BCUT2D eigenvalue weighted by Gasteiger charge is -1.98. The molecule has 0 spiro atoms. The summed E-state index contributed by atoms with van der Waals surface area (Å²) < 4.78 is 14.7. The van der Waals surface area contributed by atoms with Crippen LogP contribution in [0, 0.1) is 5.82 Å². The van der Waals surface area contributed by atoms with Gasteiger partial charge in [0.15, 0.2) is 11.5 Å². The number of hydrogen-bond acceptors (Lipinski definition) is 4. The standard InChI is InChI=1S/C14H7ClFN5/c15-14-18-10-5-2-6-17-11(10)13-19-12(20-21(13)14)8-3-1-4-9(16)7-8/h1-7H. The Hall–Kier alpha value is -2.60. The molecule has 102 valence electrons. The first-order valence-corrected chi connectivity index (χ1v) is 6.53. The first-order chi connectivity index (χ1) is 10.2. The van der Waals surface area contributed by atoms with Crippen molar-refractivity contribution < 1.29 is 4.39 Å². The van der Waals surface area contributed by atoms with E-state index in [1.54, 1.807) is 30.5 Å². The number of halogens is 2. The molecule has 0 saturated carbocycles. The fourth-order valence-corrected chi connectivity index (χ4v) is 2.36. The molecule has 0 saturated heterocycles. The van der Waals surface area contributed by atoms with Crippen LogP contribution in [0.5, 0.6) is 0 Å². The van der Waals surface area contributed by atoms with Gasteiger partial charge >= 0.3 is 0 Å². The molecule has 3 aromatic heterocycles. The van der Waals surface area contributed by atoms with Gasteiger partial charge in [-0.3, -0.25) is 4.98 Å². The first kappa shape index (κ1) is 12.2. The van der Waals surface area contributed by atoms with Gasteiger partial charge in [-0.1, -0.05) is 12.1 Å². The van der Waals surface area contributed by atoms with Crippen LogP contribution in [0.15, 0.2) is 42.6 Å². The van der Waals surface area contributed by atoms with Gasteiger partial charge in [0, 0.05) is 11.8 Å². The summed E-state index contributed by atoms with van der Waals surface area (Å²) in [5.41, 5.74) is 2.29. The molecule has 7 heteroatoms. The fourth-order valence-electron chi connectivity index (χ4n) is 2.15. The maximum Gasteiger partial charge on any atom is 0.226 e. The van der Waals surface area contributed by atoms with Gasteiger partial charge in [-0.25, -0.2) is 14.4 Å². The number of benzene rings is 1. The Morgan fingerprint density at radius 2 is 2.00 bits per heavy atom. The van der Waals surface area contributed by atoms with Crippen LogP contribution in [-0.2, 0) is 0 Å². The zero-order valence-electron chi connectivity index (χ0n) is 10.5. The third-order valence-corrected chi connectivity index (χ3v) is 3.32. The molecule has 0 aliphatic rings. The molecule has 4 aromatic rings. The van der Waals surface area contributed by atoms with Gasteiger partial charge in [-0.05, 0) is 35.9 Å². The minimum absolute atomic E-state index is 0.181. The molecule has 0 amide bonds. The molecule has 3 heterocycles. The maximum absolute atomic E-state index is 13.3. The molecule has 21 heavy (non-hydrogen) atoms. The van der Waals surface area contributed by atoms with Crippen molar-refractivity contribution in [1.82, 2.24) is 24.6 Å². The Bertz CT molecular complexity index is 982. The molecule has 0 fully saturated rings. The molecule has 0 atom stereocenters. The van der Waals surface area contributed by atoms with E-state index in [4.69, 9.17) is 11.6 Å². The molecular formula is C14H7ClFN5. The van der Waals surface area contributed by atoms with Crippen molar-refractivity contribution in [2.24, 2.45) is 0 Å². The predicted molar refractivity (Wildman–Crippen MR) is 76.5 cm³/mol. The van der Waals surface area contributed by atoms with Gasteiger partial charge in [-0.2, -0.15) is 4.52 Å². The summed E-state index contributed by atoms with van der Waals surface area (Å²) in [6.07, 6.45) is 1.65. The predicted octanol–water partition coefficient (Wildman–Crippen LogP) is 3.13. The van der Waals surface area contributed by atoms with Gasteiger partial charge < -0.3 is 0 Å². The zero-order valence-corrected chi connectivity index (χ0v) is 11.3. The second-order valence-corrected chi connectivity index (χ2v) is 4.77. The van der Waals surface area contributed by atoms with E-state index in [1.165, 1.54) is 16.6 Å². The topological polar surface area (TPSA) is 56.0 Å². The van der Waals surface area contributed by atoms with E-state index in [1.807, 2.05) is 0 Å². The lowest BCUT2D eigenvalue weighted by molar-refractivity contribution is 0.628. The summed E-state index contributed by atoms with van der Waals surface area (Å²) in [7, 11) is 0. The third-order valence-electron chi connectivity index (χ3n) is 3.08. The third kappa shape index (κ3) is 1.92. The number of nitrogens with zero attached hydrogens (tertiary/aromatic N) is 5. The largest absolute Gasteiger partial charge is 0.251 e. The Balaban J connectivity index is 2.06. The van der Waals surface area contributed by atoms with Crippen molar-refractivity contribution in [3.63, 3.8) is 0 Å². The lowest BCUT2D eigenvalue weighted by atomic mass is 10.2. The van der Waals surface area contributed by atoms with Crippen LogP contribution in [-0.4, -0.2) is 24.6 Å². The van der Waals surface area contributed by atoms with Crippen LogP contribution >= 0.6 is 11.6 Å². The van der Waals surface area contributed by atoms with E-state index >= 15 is 0 Å². The van der Waals surface area contributed by atoms with Crippen molar-refractivity contribution in [2.45, 2.75) is 0 Å². The maximum atomic E-state index is 13.3. The normalized spacial score (nSPS) is 11.3. The highest BCUT2D eigenvalue weighted by Crippen LogP contribution is 2.23. The quantitative estimate of drug-likeness (QED) is 0.507. The highest BCUT2D eigenvalue weighted by molar-refractivity contribution is 6.29. The summed E-state index contributed by atoms with van der Waals surface area (Å²) in [4.78, 5) is 12.9. The van der Waals surface area contributed by atoms with Crippen LogP contribution in [0.25, 0.3) is 28.1 Å². The van der Waals surface area contributed by atoms with E-state index in [2.05, 4.69) is 20.1 Å². The van der Waals surface area contributed by atoms with Gasteiger partial charge in [0.25, 0.3) is 0 Å². The number of aromatic nitrogens is 5. The van der Waals surface area contributed by atoms with Gasteiger partial charge in [0.1, 0.15) is 11.3 Å². The smallest absolute Gasteiger partial charge is 0.226 e. The SMILES string of the molecule is Fc1cccc(-c2nc3c4ncccc4nc(Cl)n3n2)c1. The molecule has 0 unspecified atom stereocenters. The summed E-state index contributed by atoms with van der Waals surface area (Å²) in [5.74, 6) is 0.0231. The molecule has 0 aliphatic carbocycles. The molecule has 0 aliphatic heterocycles. The van der Waals surface area contributed by atoms with E-state index < -0.39 is 0 Å². The highest BCUT2D eigenvalue weighted by Gasteiger charge is 2.14. The van der Waals surface area contributed by atoms with Crippen molar-refractivity contribution in [3.8, 4) is 11.4 Å². The van der Waals surface area contributed by atoms with Gasteiger partial charge in [-0.15, -0.1) is 5.10 Å². The summed E-state index contributed by atoms with van der Waals surface area (Å²) in [5, 5.41) is 4.46. The highest BCUT2D eigenvalue weighted by atomic mass is 35.5. The minimum atomic E-state index is -0.349. The Morgan fingerprint density at radius 3 is 2.86 bits per heavy atom. The molecule has 1 aromatic carbocycles. The van der Waals surface area contributed by atoms with Crippen LogP contribution in [0.4, 0.5) is 4.39 Å². The monoisotopic (exact) mass is 299 g/mol. The van der Waals surface area contributed by atoms with Crippen LogP contribution < -0.4 is 0 Å². The van der Waals surface area contributed by atoms with E-state index in [0.717, 1.165) is 0 Å². The van der Waals surface area contributed by atoms with E-state index in [9.17, 15) is 4.39 Å². The Morgan fingerprint density at radius 1 is 1.10 bits per heavy atom. The average molecular weight is 300 g/mol. The molecular weight excluding hydrogens is 293 g/mol. The van der Waals surface area contributed by atoms with Gasteiger partial charge in [0.05, 0.1) is 5.52 Å². The minimum Gasteiger partial charge on any atom is -0.251 e. The van der Waals surface area contributed by atoms with Crippen LogP contribution in [0.3, 0.4) is 0 Å². The second kappa shape index (κ2) is 4.46. The van der Waals surface area contributed by atoms with Crippen molar-refractivity contribution in [2.75, 3.05) is 0 Å². The number of hydrogen-bond donors (Lipinski definition) is 0. The number of pyridine rings is 1. The summed E-state index contributed by atoms with van der Waals surface area (Å²) >= 11 is 6.12. The summed E-state index contributed by atoms with van der Waals surface area (Å²) in [6.45, 7) is 0. The molecule has 5 nitrogen and oxygen atoms in total. The molecule has 0 bridgehead atoms. The van der Waals surface area contributed by atoms with Crippen molar-refractivity contribution in [3.05, 3.63) is 53.7 Å². The van der Waals surface area contributed by atoms with E-state index in [0.29, 0.717) is 28.1 Å². The lowest BCUT2D eigenvalue weighted by Crippen LogP contribution is -1.96. The van der Waals surface area contributed by atoms with Crippen molar-refractivity contribution in [1.29, 1.82) is 0 Å². The van der Waals surface area contributed by atoms with Crippen LogP contribution in [0.1, 0.15) is 0 Å².